The molecule has 0 spiro atoms. The molecule has 0 fully saturated rings. The zero-order valence-electron chi connectivity index (χ0n) is 15.3. The number of hydrogen-bond acceptors (Lipinski definition) is 2. The molecule has 0 atom stereocenters. The van der Waals surface area contributed by atoms with Crippen LogP contribution in [0.5, 0.6) is 0 Å². The van der Waals surface area contributed by atoms with Crippen molar-refractivity contribution in [3.63, 3.8) is 0 Å². The number of benzene rings is 2. The fraction of sp³-hybridized carbons (Fsp3) is 0.333. The highest BCUT2D eigenvalue weighted by Gasteiger charge is 2.20. The molecule has 118 valence electrons. The molecule has 3 rings (SSSR count). The molecule has 0 saturated carbocycles. The van der Waals surface area contributed by atoms with Gasteiger partial charge in [-0.05, 0) is 62.1 Å². The molecule has 0 unspecified atom stereocenters. The average Bonchev–Trinajstić information content (AvgIpc) is 2.68. The SMILES string of the molecule is Cl.[2H]C([2H])([2H])NCCCN1c2ccccc2CCc2ccc(Cl)cc21. The number of anilines is 2. The van der Waals surface area contributed by atoms with Gasteiger partial charge in [0.15, 0.2) is 0 Å². The molecule has 0 radical (unpaired) electrons. The second-order valence-electron chi connectivity index (χ2n) is 5.33. The summed E-state index contributed by atoms with van der Waals surface area (Å²) < 4.78 is 21.7. The van der Waals surface area contributed by atoms with Crippen molar-refractivity contribution in [3.8, 4) is 0 Å². The molecule has 1 aliphatic rings. The first kappa shape index (κ1) is 13.2. The van der Waals surface area contributed by atoms with Gasteiger partial charge < -0.3 is 10.2 Å². The molecular formula is C18H22Cl2N2. The molecule has 1 aliphatic heterocycles. The maximum absolute atomic E-state index is 7.24. The van der Waals surface area contributed by atoms with Gasteiger partial charge in [0.05, 0.1) is 0 Å². The standard InChI is InChI=1S/C18H21ClN2.ClH/c1-20-11-4-12-21-17-6-3-2-5-14(17)7-8-15-9-10-16(19)13-18(15)21;/h2-3,5-6,9-10,13,20H,4,7-8,11-12H2,1H3;1H/i1D3;. The summed E-state index contributed by atoms with van der Waals surface area (Å²) in [5.74, 6) is 0. The molecule has 0 saturated heterocycles. The summed E-state index contributed by atoms with van der Waals surface area (Å²) in [4.78, 5) is 2.27. The molecule has 2 aromatic carbocycles. The van der Waals surface area contributed by atoms with Gasteiger partial charge in [0, 0.05) is 27.1 Å². The minimum absolute atomic E-state index is 0. The molecular weight excluding hydrogens is 315 g/mol. The van der Waals surface area contributed by atoms with Gasteiger partial charge in [0.25, 0.3) is 0 Å². The summed E-state index contributed by atoms with van der Waals surface area (Å²) >= 11 is 6.23. The smallest absolute Gasteiger partial charge is 0.0458 e. The van der Waals surface area contributed by atoms with E-state index in [1.165, 1.54) is 16.8 Å². The lowest BCUT2D eigenvalue weighted by atomic mass is 10.0. The van der Waals surface area contributed by atoms with Gasteiger partial charge in [-0.1, -0.05) is 35.9 Å². The minimum atomic E-state index is -2.09. The van der Waals surface area contributed by atoms with E-state index in [1.54, 1.807) is 0 Å². The van der Waals surface area contributed by atoms with Crippen molar-refractivity contribution in [2.24, 2.45) is 0 Å². The van der Waals surface area contributed by atoms with Gasteiger partial charge >= 0.3 is 0 Å². The van der Waals surface area contributed by atoms with Gasteiger partial charge in [-0.3, -0.25) is 0 Å². The van der Waals surface area contributed by atoms with Gasteiger partial charge in [-0.25, -0.2) is 0 Å². The predicted molar refractivity (Wildman–Crippen MR) is 98.1 cm³/mol. The van der Waals surface area contributed by atoms with Gasteiger partial charge in [0.1, 0.15) is 0 Å². The van der Waals surface area contributed by atoms with Crippen LogP contribution in [0.4, 0.5) is 11.4 Å². The van der Waals surface area contributed by atoms with Crippen molar-refractivity contribution < 1.29 is 4.11 Å². The Bertz CT molecular complexity index is 720. The number of fused-ring (bicyclic) bond motifs is 2. The van der Waals surface area contributed by atoms with Crippen LogP contribution in [0.25, 0.3) is 0 Å². The molecule has 0 amide bonds. The molecule has 4 heteroatoms. The zero-order valence-corrected chi connectivity index (χ0v) is 13.9. The van der Waals surface area contributed by atoms with Gasteiger partial charge in [-0.15, -0.1) is 12.4 Å². The Balaban J connectivity index is 0.00000225. The van der Waals surface area contributed by atoms with Crippen molar-refractivity contribution in [1.29, 1.82) is 0 Å². The largest absolute Gasteiger partial charge is 0.341 e. The Morgan fingerprint density at radius 1 is 1.14 bits per heavy atom. The van der Waals surface area contributed by atoms with E-state index < -0.39 is 6.98 Å². The summed E-state index contributed by atoms with van der Waals surface area (Å²) in [6, 6.07) is 14.4. The Morgan fingerprint density at radius 3 is 2.73 bits per heavy atom. The summed E-state index contributed by atoms with van der Waals surface area (Å²) in [6.07, 6.45) is 2.71. The van der Waals surface area contributed by atoms with Crippen molar-refractivity contribution >= 4 is 35.4 Å². The van der Waals surface area contributed by atoms with Crippen LogP contribution in [-0.2, 0) is 12.8 Å². The normalized spacial score (nSPS) is 15.5. The van der Waals surface area contributed by atoms with Crippen LogP contribution in [0.15, 0.2) is 42.5 Å². The fourth-order valence-electron chi connectivity index (χ4n) is 2.95. The summed E-state index contributed by atoms with van der Waals surface area (Å²) in [5.41, 5.74) is 4.90. The molecule has 2 nitrogen and oxygen atoms in total. The number of para-hydroxylation sites is 1. The van der Waals surface area contributed by atoms with Crippen LogP contribution in [0.1, 0.15) is 21.7 Å². The lowest BCUT2D eigenvalue weighted by molar-refractivity contribution is 0.723. The molecule has 1 heterocycles. The highest BCUT2D eigenvalue weighted by Crippen LogP contribution is 2.37. The Morgan fingerprint density at radius 2 is 1.91 bits per heavy atom. The monoisotopic (exact) mass is 339 g/mol. The number of rotatable bonds is 4. The third-order valence-corrected chi connectivity index (χ3v) is 4.20. The third-order valence-electron chi connectivity index (χ3n) is 3.97. The van der Waals surface area contributed by atoms with Crippen molar-refractivity contribution in [2.75, 3.05) is 25.0 Å². The molecule has 0 aromatic heterocycles. The number of hydrogen-bond donors (Lipinski definition) is 1. The third kappa shape index (κ3) is 3.57. The first-order chi connectivity index (χ1) is 11.4. The quantitative estimate of drug-likeness (QED) is 0.818. The van der Waals surface area contributed by atoms with Crippen molar-refractivity contribution in [2.45, 2.75) is 19.3 Å². The van der Waals surface area contributed by atoms with Crippen LogP contribution >= 0.6 is 24.0 Å². The number of aryl methyl sites for hydroxylation is 2. The van der Waals surface area contributed by atoms with E-state index in [9.17, 15) is 0 Å². The van der Waals surface area contributed by atoms with Crippen LogP contribution in [0.3, 0.4) is 0 Å². The molecule has 2 aromatic rings. The Kier molecular flexibility index (Phi) is 4.73. The lowest BCUT2D eigenvalue weighted by Crippen LogP contribution is -2.23. The Labute approximate surface area is 148 Å². The van der Waals surface area contributed by atoms with Gasteiger partial charge in [-0.2, -0.15) is 0 Å². The van der Waals surface area contributed by atoms with Crippen LogP contribution in [0.2, 0.25) is 5.02 Å². The number of nitrogens with one attached hydrogen (secondary N) is 1. The first-order valence-electron chi connectivity index (χ1n) is 8.83. The highest BCUT2D eigenvalue weighted by atomic mass is 35.5. The van der Waals surface area contributed by atoms with Gasteiger partial charge in [0.2, 0.25) is 0 Å². The zero-order chi connectivity index (χ0) is 17.2. The topological polar surface area (TPSA) is 15.3 Å². The molecule has 0 bridgehead atoms. The van der Waals surface area contributed by atoms with E-state index in [0.29, 0.717) is 6.54 Å². The lowest BCUT2D eigenvalue weighted by Gasteiger charge is -2.27. The van der Waals surface area contributed by atoms with Crippen LogP contribution in [-0.4, -0.2) is 20.1 Å². The average molecular weight is 340 g/mol. The summed E-state index contributed by atoms with van der Waals surface area (Å²) in [7, 11) is 0. The van der Waals surface area contributed by atoms with Crippen molar-refractivity contribution in [3.05, 3.63) is 58.6 Å². The maximum Gasteiger partial charge on any atom is 0.0458 e. The minimum Gasteiger partial charge on any atom is -0.341 e. The summed E-state index contributed by atoms with van der Waals surface area (Å²) in [6.45, 7) is -0.892. The number of nitrogens with zero attached hydrogens (tertiary/aromatic N) is 1. The molecule has 22 heavy (non-hydrogen) atoms. The predicted octanol–water partition coefficient (Wildman–Crippen LogP) is 4.61. The van der Waals surface area contributed by atoms with Crippen LogP contribution < -0.4 is 10.2 Å². The second kappa shape index (κ2) is 7.87. The van der Waals surface area contributed by atoms with E-state index in [0.717, 1.165) is 36.5 Å². The van der Waals surface area contributed by atoms with Crippen LogP contribution in [0, 0.1) is 0 Å². The van der Waals surface area contributed by atoms with E-state index in [2.05, 4.69) is 34.5 Å². The number of halogens is 2. The Hall–Kier alpha value is -1.22. The summed E-state index contributed by atoms with van der Waals surface area (Å²) in [5, 5.41) is 3.30. The second-order valence-corrected chi connectivity index (χ2v) is 5.77. The molecule has 1 N–H and O–H groups in total. The van der Waals surface area contributed by atoms with E-state index >= 15 is 0 Å². The maximum atomic E-state index is 7.24. The molecule has 0 aliphatic carbocycles. The van der Waals surface area contributed by atoms with E-state index in [-0.39, 0.29) is 12.4 Å². The van der Waals surface area contributed by atoms with Crippen molar-refractivity contribution in [1.82, 2.24) is 5.32 Å². The highest BCUT2D eigenvalue weighted by molar-refractivity contribution is 6.30. The fourth-order valence-corrected chi connectivity index (χ4v) is 3.12. The first-order valence-corrected chi connectivity index (χ1v) is 7.71. The van der Waals surface area contributed by atoms with E-state index in [4.69, 9.17) is 15.7 Å². The van der Waals surface area contributed by atoms with E-state index in [1.807, 2.05) is 18.2 Å².